The van der Waals surface area contributed by atoms with Crippen molar-refractivity contribution in [1.29, 1.82) is 0 Å². The molecule has 128 valence electrons. The maximum atomic E-state index is 13.5. The average Bonchev–Trinajstić information content (AvgIpc) is 3.07. The number of anilines is 1. The van der Waals surface area contributed by atoms with Crippen molar-refractivity contribution < 1.29 is 13.9 Å². The fraction of sp³-hybridized carbons (Fsp3) is 0.105. The molecule has 0 bridgehead atoms. The summed E-state index contributed by atoms with van der Waals surface area (Å²) in [5.74, 6) is 0.0868. The molecule has 25 heavy (non-hydrogen) atoms. The first-order valence-corrected chi connectivity index (χ1v) is 8.80. The smallest absolute Gasteiger partial charge is 0.265 e. The van der Waals surface area contributed by atoms with Crippen LogP contribution in [0, 0.1) is 12.7 Å². The number of hydrogen-bond acceptors (Lipinski definition) is 3. The van der Waals surface area contributed by atoms with Gasteiger partial charge in [0, 0.05) is 16.3 Å². The zero-order valence-electron chi connectivity index (χ0n) is 13.4. The molecule has 0 aliphatic carbocycles. The van der Waals surface area contributed by atoms with Gasteiger partial charge in [-0.1, -0.05) is 17.7 Å². The second-order valence-electron chi connectivity index (χ2n) is 5.48. The molecule has 0 atom stereocenters. The Bertz CT molecular complexity index is 893. The summed E-state index contributed by atoms with van der Waals surface area (Å²) in [7, 11) is 0. The van der Waals surface area contributed by atoms with Crippen LogP contribution in [0.3, 0.4) is 0 Å². The van der Waals surface area contributed by atoms with Crippen molar-refractivity contribution in [3.63, 3.8) is 0 Å². The summed E-state index contributed by atoms with van der Waals surface area (Å²) in [5, 5.41) is 5.20. The Morgan fingerprint density at radius 3 is 2.68 bits per heavy atom. The number of carbonyl (C=O) groups is 1. The van der Waals surface area contributed by atoms with Gasteiger partial charge in [0.1, 0.15) is 18.2 Å². The lowest BCUT2D eigenvalue weighted by Gasteiger charge is -2.05. The van der Waals surface area contributed by atoms with E-state index in [1.165, 1.54) is 17.4 Å². The van der Waals surface area contributed by atoms with E-state index in [0.29, 0.717) is 33.5 Å². The minimum absolute atomic E-state index is 0.272. The van der Waals surface area contributed by atoms with Gasteiger partial charge in [0.25, 0.3) is 5.91 Å². The summed E-state index contributed by atoms with van der Waals surface area (Å²) >= 11 is 7.15. The molecule has 0 saturated heterocycles. The zero-order chi connectivity index (χ0) is 17.8. The lowest BCUT2D eigenvalue weighted by molar-refractivity contribution is 0.103. The topological polar surface area (TPSA) is 38.3 Å². The van der Waals surface area contributed by atoms with Crippen LogP contribution >= 0.6 is 22.9 Å². The van der Waals surface area contributed by atoms with Gasteiger partial charge in [0.2, 0.25) is 0 Å². The second-order valence-corrected chi connectivity index (χ2v) is 6.83. The quantitative estimate of drug-likeness (QED) is 0.623. The highest BCUT2D eigenvalue weighted by molar-refractivity contribution is 7.12. The molecular formula is C19H15ClFNO2S. The minimum Gasteiger partial charge on any atom is -0.489 e. The highest BCUT2D eigenvalue weighted by Crippen LogP contribution is 2.21. The number of ether oxygens (including phenoxy) is 1. The molecule has 3 aromatic rings. The summed E-state index contributed by atoms with van der Waals surface area (Å²) in [6.07, 6.45) is 0. The van der Waals surface area contributed by atoms with Gasteiger partial charge in [-0.3, -0.25) is 4.79 Å². The number of aryl methyl sites for hydroxylation is 1. The maximum Gasteiger partial charge on any atom is 0.265 e. The van der Waals surface area contributed by atoms with Gasteiger partial charge in [-0.15, -0.1) is 11.3 Å². The van der Waals surface area contributed by atoms with Gasteiger partial charge in [0.15, 0.2) is 0 Å². The third kappa shape index (κ3) is 4.59. The molecule has 0 fully saturated rings. The van der Waals surface area contributed by atoms with Crippen molar-refractivity contribution in [3.8, 4) is 5.75 Å². The van der Waals surface area contributed by atoms with E-state index in [9.17, 15) is 9.18 Å². The van der Waals surface area contributed by atoms with Crippen molar-refractivity contribution in [1.82, 2.24) is 0 Å². The predicted octanol–water partition coefficient (Wildman–Crippen LogP) is 5.68. The van der Waals surface area contributed by atoms with Gasteiger partial charge >= 0.3 is 0 Å². The SMILES string of the molecule is Cc1ccc(NC(=O)c2cc(COc3ccc(Cl)cc3)cs2)cc1F. The molecule has 0 aliphatic rings. The molecule has 0 unspecified atom stereocenters. The maximum absolute atomic E-state index is 13.5. The van der Waals surface area contributed by atoms with Crippen LogP contribution < -0.4 is 10.1 Å². The highest BCUT2D eigenvalue weighted by atomic mass is 35.5. The molecule has 1 N–H and O–H groups in total. The van der Waals surface area contributed by atoms with Crippen molar-refractivity contribution in [2.45, 2.75) is 13.5 Å². The molecule has 6 heteroatoms. The summed E-state index contributed by atoms with van der Waals surface area (Å²) in [4.78, 5) is 12.8. The zero-order valence-corrected chi connectivity index (χ0v) is 15.0. The standard InChI is InChI=1S/C19H15ClFNO2S/c1-12-2-5-15(9-17(12)21)22-19(23)18-8-13(11-25-18)10-24-16-6-3-14(20)4-7-16/h2-9,11H,10H2,1H3,(H,22,23). The summed E-state index contributed by atoms with van der Waals surface area (Å²) in [6, 6.07) is 13.5. The number of amides is 1. The van der Waals surface area contributed by atoms with Gasteiger partial charge in [-0.05, 0) is 60.3 Å². The summed E-state index contributed by atoms with van der Waals surface area (Å²) in [6.45, 7) is 2.03. The van der Waals surface area contributed by atoms with Gasteiger partial charge in [-0.2, -0.15) is 0 Å². The van der Waals surface area contributed by atoms with Crippen LogP contribution in [0.2, 0.25) is 5.02 Å². The Morgan fingerprint density at radius 1 is 1.20 bits per heavy atom. The van der Waals surface area contributed by atoms with E-state index in [2.05, 4.69) is 5.32 Å². The first kappa shape index (κ1) is 17.5. The van der Waals surface area contributed by atoms with Crippen LogP contribution in [-0.4, -0.2) is 5.91 Å². The fourth-order valence-corrected chi connectivity index (χ4v) is 3.05. The second kappa shape index (κ2) is 7.68. The highest BCUT2D eigenvalue weighted by Gasteiger charge is 2.11. The van der Waals surface area contributed by atoms with Crippen LogP contribution in [0.1, 0.15) is 20.8 Å². The largest absolute Gasteiger partial charge is 0.489 e. The number of rotatable bonds is 5. The van der Waals surface area contributed by atoms with Crippen LogP contribution in [0.25, 0.3) is 0 Å². The molecule has 0 spiro atoms. The first-order valence-electron chi connectivity index (χ1n) is 7.54. The lowest BCUT2D eigenvalue weighted by Crippen LogP contribution is -2.10. The van der Waals surface area contributed by atoms with Gasteiger partial charge in [-0.25, -0.2) is 4.39 Å². The Morgan fingerprint density at radius 2 is 1.96 bits per heavy atom. The minimum atomic E-state index is -0.346. The molecule has 0 radical (unpaired) electrons. The van der Waals surface area contributed by atoms with E-state index < -0.39 is 0 Å². The molecule has 3 nitrogen and oxygen atoms in total. The average molecular weight is 376 g/mol. The molecule has 0 saturated carbocycles. The molecule has 2 aromatic carbocycles. The number of thiophene rings is 1. The lowest BCUT2D eigenvalue weighted by atomic mass is 10.2. The Hall–Kier alpha value is -2.37. The molecule has 1 aromatic heterocycles. The number of halogens is 2. The van der Waals surface area contributed by atoms with E-state index in [1.807, 2.05) is 5.38 Å². The van der Waals surface area contributed by atoms with E-state index in [1.54, 1.807) is 49.4 Å². The first-order chi connectivity index (χ1) is 12.0. The van der Waals surface area contributed by atoms with Crippen molar-refractivity contribution >= 4 is 34.5 Å². The van der Waals surface area contributed by atoms with Crippen molar-refractivity contribution in [2.75, 3.05) is 5.32 Å². The van der Waals surface area contributed by atoms with Crippen molar-refractivity contribution in [2.24, 2.45) is 0 Å². The molecule has 1 amide bonds. The molecular weight excluding hydrogens is 361 g/mol. The van der Waals surface area contributed by atoms with E-state index >= 15 is 0 Å². The Labute approximate surface area is 154 Å². The molecule has 3 rings (SSSR count). The monoisotopic (exact) mass is 375 g/mol. The third-order valence-electron chi connectivity index (χ3n) is 3.53. The molecule has 0 aliphatic heterocycles. The normalized spacial score (nSPS) is 10.5. The van der Waals surface area contributed by atoms with Gasteiger partial charge < -0.3 is 10.1 Å². The summed E-state index contributed by atoms with van der Waals surface area (Å²) < 4.78 is 19.2. The van der Waals surface area contributed by atoms with E-state index in [-0.39, 0.29) is 11.7 Å². The van der Waals surface area contributed by atoms with Gasteiger partial charge in [0.05, 0.1) is 4.88 Å². The fourth-order valence-electron chi connectivity index (χ4n) is 2.13. The number of hydrogen-bond donors (Lipinski definition) is 1. The molecule has 1 heterocycles. The number of carbonyl (C=O) groups excluding carboxylic acids is 1. The number of nitrogens with one attached hydrogen (secondary N) is 1. The Balaban J connectivity index is 1.61. The van der Waals surface area contributed by atoms with Crippen LogP contribution in [-0.2, 0) is 6.61 Å². The summed E-state index contributed by atoms with van der Waals surface area (Å²) in [5.41, 5.74) is 1.86. The van der Waals surface area contributed by atoms with E-state index in [0.717, 1.165) is 5.56 Å². The van der Waals surface area contributed by atoms with Crippen LogP contribution in [0.15, 0.2) is 53.9 Å². The Kier molecular flexibility index (Phi) is 5.36. The number of benzene rings is 2. The third-order valence-corrected chi connectivity index (χ3v) is 4.76. The van der Waals surface area contributed by atoms with E-state index in [4.69, 9.17) is 16.3 Å². The predicted molar refractivity (Wildman–Crippen MR) is 99.2 cm³/mol. The van der Waals surface area contributed by atoms with Crippen molar-refractivity contribution in [3.05, 3.63) is 80.8 Å². The van der Waals surface area contributed by atoms with Crippen LogP contribution in [0.4, 0.5) is 10.1 Å². The van der Waals surface area contributed by atoms with Crippen LogP contribution in [0.5, 0.6) is 5.75 Å².